The van der Waals surface area contributed by atoms with Crippen LogP contribution in [0.2, 0.25) is 0 Å². The molecular weight excluding hydrogens is 488 g/mol. The quantitative estimate of drug-likeness (QED) is 0.397. The van der Waals surface area contributed by atoms with Gasteiger partial charge in [0.15, 0.2) is 0 Å². The van der Waals surface area contributed by atoms with Crippen molar-refractivity contribution in [3.63, 3.8) is 0 Å². The first-order valence-electron chi connectivity index (χ1n) is 9.74. The topological polar surface area (TPSA) is 77.1 Å². The van der Waals surface area contributed by atoms with Gasteiger partial charge in [0.05, 0.1) is 49.7 Å². The molecule has 2 rings (SSSR count). The molecule has 0 radical (unpaired) electrons. The molecule has 0 spiro atoms. The number of halogens is 2. The van der Waals surface area contributed by atoms with Crippen LogP contribution in [0.1, 0.15) is 25.3 Å². The molecule has 1 aromatic carbocycles. The van der Waals surface area contributed by atoms with Crippen molar-refractivity contribution >= 4 is 40.3 Å². The minimum Gasteiger partial charge on any atom is -0.466 e. The van der Waals surface area contributed by atoms with E-state index in [9.17, 15) is 9.59 Å². The maximum atomic E-state index is 13.0. The third kappa shape index (κ3) is 6.80. The van der Waals surface area contributed by atoms with E-state index in [-0.39, 0.29) is 25.6 Å². The number of carbonyl (C=O) groups is 2. The number of nitrogens with zero attached hydrogens (tertiary/aromatic N) is 1. The number of likely N-dealkylation sites (N-methyl/N-ethyl adjacent to an activating group) is 1. The van der Waals surface area contributed by atoms with Crippen molar-refractivity contribution in [3.8, 4) is 0 Å². The molecule has 1 heterocycles. The minimum absolute atomic E-state index is 0. The van der Waals surface area contributed by atoms with E-state index in [1.54, 1.807) is 13.8 Å². The fourth-order valence-corrected chi connectivity index (χ4v) is 3.80. The van der Waals surface area contributed by atoms with E-state index in [0.29, 0.717) is 29.1 Å². The van der Waals surface area contributed by atoms with Crippen LogP contribution in [-0.2, 0) is 23.8 Å². The van der Waals surface area contributed by atoms with E-state index < -0.39 is 17.9 Å². The molecule has 7 nitrogen and oxygen atoms in total. The van der Waals surface area contributed by atoms with Crippen molar-refractivity contribution in [2.24, 2.45) is 0 Å². The van der Waals surface area contributed by atoms with Crippen LogP contribution in [-0.4, -0.2) is 64.4 Å². The van der Waals surface area contributed by atoms with Gasteiger partial charge in [0.25, 0.3) is 0 Å². The third-order valence-corrected chi connectivity index (χ3v) is 5.41. The highest BCUT2D eigenvalue weighted by atomic mass is 79.9. The second-order valence-electron chi connectivity index (χ2n) is 7.08. The van der Waals surface area contributed by atoms with Gasteiger partial charge in [0.1, 0.15) is 0 Å². The number of dihydropyridines is 1. The first kappa shape index (κ1) is 27.2. The lowest BCUT2D eigenvalue weighted by molar-refractivity contribution is -0.139. The molecule has 172 valence electrons. The Labute approximate surface area is 198 Å². The Morgan fingerprint density at radius 1 is 1.16 bits per heavy atom. The lowest BCUT2D eigenvalue weighted by Crippen LogP contribution is -2.35. The summed E-state index contributed by atoms with van der Waals surface area (Å²) in [5.41, 5.74) is 2.68. The molecule has 1 N–H and O–H groups in total. The highest BCUT2D eigenvalue weighted by molar-refractivity contribution is 9.10. The lowest BCUT2D eigenvalue weighted by Gasteiger charge is -2.31. The Morgan fingerprint density at radius 2 is 1.84 bits per heavy atom. The number of methoxy groups -OCH3 is 1. The van der Waals surface area contributed by atoms with Crippen molar-refractivity contribution in [2.75, 3.05) is 47.6 Å². The summed E-state index contributed by atoms with van der Waals surface area (Å²) in [5.74, 6) is -1.65. The summed E-state index contributed by atoms with van der Waals surface area (Å²) in [6.07, 6.45) is 0. The van der Waals surface area contributed by atoms with Crippen LogP contribution in [0.15, 0.2) is 51.3 Å². The van der Waals surface area contributed by atoms with Gasteiger partial charge in [-0.05, 0) is 39.6 Å². The summed E-state index contributed by atoms with van der Waals surface area (Å²) in [4.78, 5) is 27.7. The van der Waals surface area contributed by atoms with E-state index in [1.165, 1.54) is 7.11 Å². The predicted molar refractivity (Wildman–Crippen MR) is 125 cm³/mol. The summed E-state index contributed by atoms with van der Waals surface area (Å²) in [7, 11) is 5.25. The van der Waals surface area contributed by atoms with E-state index in [0.717, 1.165) is 16.6 Å². The summed E-state index contributed by atoms with van der Waals surface area (Å²) < 4.78 is 17.0. The second kappa shape index (κ2) is 12.9. The Bertz CT molecular complexity index is 854. The van der Waals surface area contributed by atoms with Gasteiger partial charge >= 0.3 is 11.9 Å². The van der Waals surface area contributed by atoms with Crippen molar-refractivity contribution in [1.29, 1.82) is 0 Å². The Morgan fingerprint density at radius 3 is 2.42 bits per heavy atom. The largest absolute Gasteiger partial charge is 0.466 e. The highest BCUT2D eigenvalue weighted by Gasteiger charge is 2.39. The molecule has 0 fully saturated rings. The molecule has 1 aromatic rings. The molecule has 0 saturated heterocycles. The summed E-state index contributed by atoms with van der Waals surface area (Å²) in [6, 6.07) is 7.49. The summed E-state index contributed by atoms with van der Waals surface area (Å²) in [6.45, 7) is 5.19. The Kier molecular flexibility index (Phi) is 11.3. The third-order valence-electron chi connectivity index (χ3n) is 4.69. The van der Waals surface area contributed by atoms with Crippen molar-refractivity contribution in [2.45, 2.75) is 19.8 Å². The number of hydrogen-bond donors (Lipinski definition) is 1. The SMILES string of the molecule is CCOC(=O)C1=C(COCCN(C)C)NC(C)=C(C(=O)OC)C1c1ccccc1Br.Cl. The monoisotopic (exact) mass is 516 g/mol. The average molecular weight is 518 g/mol. The van der Waals surface area contributed by atoms with E-state index in [4.69, 9.17) is 14.2 Å². The van der Waals surface area contributed by atoms with Gasteiger partial charge in [0.2, 0.25) is 0 Å². The van der Waals surface area contributed by atoms with Gasteiger partial charge in [-0.3, -0.25) is 0 Å². The summed E-state index contributed by atoms with van der Waals surface area (Å²) >= 11 is 3.56. The van der Waals surface area contributed by atoms with Crippen molar-refractivity contribution < 1.29 is 23.8 Å². The molecule has 31 heavy (non-hydrogen) atoms. The Hall–Kier alpha value is -1.87. The predicted octanol–water partition coefficient (Wildman–Crippen LogP) is 3.40. The van der Waals surface area contributed by atoms with Crippen LogP contribution in [0.25, 0.3) is 0 Å². The van der Waals surface area contributed by atoms with Gasteiger partial charge in [0, 0.05) is 16.7 Å². The molecule has 0 bridgehead atoms. The van der Waals surface area contributed by atoms with E-state index in [2.05, 4.69) is 21.2 Å². The maximum Gasteiger partial charge on any atom is 0.336 e. The number of allylic oxidation sites excluding steroid dienone is 1. The number of benzene rings is 1. The van der Waals surface area contributed by atoms with Crippen molar-refractivity contribution in [3.05, 3.63) is 56.8 Å². The number of hydrogen-bond acceptors (Lipinski definition) is 7. The molecule has 0 amide bonds. The highest BCUT2D eigenvalue weighted by Crippen LogP contribution is 2.41. The first-order chi connectivity index (χ1) is 14.3. The molecular formula is C22H30BrClN2O5. The number of carbonyl (C=O) groups excluding carboxylic acids is 2. The number of rotatable bonds is 9. The van der Waals surface area contributed by atoms with Crippen LogP contribution >= 0.6 is 28.3 Å². The van der Waals surface area contributed by atoms with Gasteiger partial charge in [-0.1, -0.05) is 34.1 Å². The first-order valence-corrected chi connectivity index (χ1v) is 10.5. The number of ether oxygens (including phenoxy) is 3. The summed E-state index contributed by atoms with van der Waals surface area (Å²) in [5, 5.41) is 3.18. The van der Waals surface area contributed by atoms with E-state index >= 15 is 0 Å². The van der Waals surface area contributed by atoms with E-state index in [1.807, 2.05) is 43.3 Å². The Balaban J connectivity index is 0.00000480. The van der Waals surface area contributed by atoms with Crippen LogP contribution in [0, 0.1) is 0 Å². The zero-order chi connectivity index (χ0) is 22.3. The van der Waals surface area contributed by atoms with Crippen LogP contribution in [0.5, 0.6) is 0 Å². The average Bonchev–Trinajstić information content (AvgIpc) is 2.70. The van der Waals surface area contributed by atoms with Gasteiger partial charge < -0.3 is 24.4 Å². The maximum absolute atomic E-state index is 13.0. The normalized spacial score (nSPS) is 16.0. The van der Waals surface area contributed by atoms with Gasteiger partial charge in [-0.2, -0.15) is 0 Å². The zero-order valence-corrected chi connectivity index (χ0v) is 20.9. The molecule has 0 aliphatic carbocycles. The molecule has 1 unspecified atom stereocenters. The van der Waals surface area contributed by atoms with Gasteiger partial charge in [-0.15, -0.1) is 12.4 Å². The van der Waals surface area contributed by atoms with Crippen LogP contribution in [0.3, 0.4) is 0 Å². The standard InChI is InChI=1S/C22H29BrN2O5.ClH/c1-6-30-22(27)20-17(13-29-12-11-25(3)4)24-14(2)18(21(26)28-5)19(20)15-9-7-8-10-16(15)23;/h7-10,19,24H,6,11-13H2,1-5H3;1H. The van der Waals surface area contributed by atoms with Gasteiger partial charge in [-0.25, -0.2) is 9.59 Å². The van der Waals surface area contributed by atoms with Crippen LogP contribution < -0.4 is 5.32 Å². The smallest absolute Gasteiger partial charge is 0.336 e. The fraction of sp³-hybridized carbons (Fsp3) is 0.455. The molecule has 0 aromatic heterocycles. The van der Waals surface area contributed by atoms with Crippen molar-refractivity contribution in [1.82, 2.24) is 10.2 Å². The zero-order valence-electron chi connectivity index (χ0n) is 18.5. The molecule has 1 atom stereocenters. The second-order valence-corrected chi connectivity index (χ2v) is 7.93. The number of nitrogens with one attached hydrogen (secondary N) is 1. The molecule has 1 aliphatic heterocycles. The fourth-order valence-electron chi connectivity index (χ4n) is 3.28. The molecule has 9 heteroatoms. The molecule has 0 saturated carbocycles. The minimum atomic E-state index is -0.652. The number of esters is 2. The van der Waals surface area contributed by atoms with Crippen LogP contribution in [0.4, 0.5) is 0 Å². The lowest BCUT2D eigenvalue weighted by atomic mass is 9.80. The molecule has 1 aliphatic rings.